The van der Waals surface area contributed by atoms with Crippen molar-refractivity contribution in [3.8, 4) is 6.07 Å². The van der Waals surface area contributed by atoms with Crippen molar-refractivity contribution in [1.29, 1.82) is 5.26 Å². The van der Waals surface area contributed by atoms with Gasteiger partial charge in [0.2, 0.25) is 0 Å². The molecule has 0 aromatic carbocycles. The smallest absolute Gasteiger partial charge is 0.316 e. The Morgan fingerprint density at radius 3 is 2.81 bits per heavy atom. The van der Waals surface area contributed by atoms with Gasteiger partial charge in [-0.25, -0.2) is 0 Å². The van der Waals surface area contributed by atoms with Gasteiger partial charge in [-0.05, 0) is 32.4 Å². The van der Waals surface area contributed by atoms with Crippen LogP contribution in [-0.4, -0.2) is 17.6 Å². The SMILES string of the molecule is CCOC(=O)C(C)(C)c1cncc(C#N)c1. The second-order valence-corrected chi connectivity index (χ2v) is 3.92. The Kier molecular flexibility index (Phi) is 3.62. The minimum atomic E-state index is -0.782. The van der Waals surface area contributed by atoms with Crippen LogP contribution in [0.1, 0.15) is 31.9 Å². The van der Waals surface area contributed by atoms with E-state index in [1.165, 1.54) is 6.20 Å². The molecular weight excluding hydrogens is 204 g/mol. The lowest BCUT2D eigenvalue weighted by atomic mass is 9.85. The lowest BCUT2D eigenvalue weighted by molar-refractivity contribution is -0.148. The molecule has 0 saturated heterocycles. The van der Waals surface area contributed by atoms with Crippen LogP contribution in [-0.2, 0) is 14.9 Å². The molecule has 16 heavy (non-hydrogen) atoms. The molecular formula is C12H14N2O2. The van der Waals surface area contributed by atoms with Crippen molar-refractivity contribution < 1.29 is 9.53 Å². The van der Waals surface area contributed by atoms with Crippen LogP contribution in [0.2, 0.25) is 0 Å². The van der Waals surface area contributed by atoms with Gasteiger partial charge >= 0.3 is 5.97 Å². The van der Waals surface area contributed by atoms with E-state index in [0.717, 1.165) is 0 Å². The molecule has 84 valence electrons. The molecule has 0 saturated carbocycles. The van der Waals surface area contributed by atoms with Crippen LogP contribution in [0, 0.1) is 11.3 Å². The Balaban J connectivity index is 3.07. The first-order valence-corrected chi connectivity index (χ1v) is 5.05. The van der Waals surface area contributed by atoms with Crippen molar-refractivity contribution in [3.63, 3.8) is 0 Å². The van der Waals surface area contributed by atoms with Crippen molar-refractivity contribution in [3.05, 3.63) is 29.6 Å². The minimum absolute atomic E-state index is 0.313. The molecule has 0 aliphatic heterocycles. The van der Waals surface area contributed by atoms with E-state index < -0.39 is 5.41 Å². The summed E-state index contributed by atoms with van der Waals surface area (Å²) in [6.07, 6.45) is 3.04. The number of carbonyl (C=O) groups is 1. The number of pyridine rings is 1. The van der Waals surface area contributed by atoms with Crippen LogP contribution in [0.3, 0.4) is 0 Å². The number of rotatable bonds is 3. The summed E-state index contributed by atoms with van der Waals surface area (Å²) in [7, 11) is 0. The van der Waals surface area contributed by atoms with Gasteiger partial charge in [-0.15, -0.1) is 0 Å². The number of carbonyl (C=O) groups excluding carboxylic acids is 1. The van der Waals surface area contributed by atoms with E-state index in [1.54, 1.807) is 33.0 Å². The standard InChI is InChI=1S/C12H14N2O2/c1-4-16-11(15)12(2,3)10-5-9(6-13)7-14-8-10/h5,7-8H,4H2,1-3H3. The number of nitriles is 1. The molecule has 0 fully saturated rings. The second kappa shape index (κ2) is 4.75. The van der Waals surface area contributed by atoms with Crippen molar-refractivity contribution in [1.82, 2.24) is 4.98 Å². The molecule has 0 amide bonds. The van der Waals surface area contributed by atoms with Crippen LogP contribution >= 0.6 is 0 Å². The third-order valence-corrected chi connectivity index (χ3v) is 2.37. The maximum absolute atomic E-state index is 11.7. The number of aromatic nitrogens is 1. The van der Waals surface area contributed by atoms with Gasteiger partial charge in [-0.1, -0.05) is 0 Å². The number of nitrogens with zero attached hydrogens (tertiary/aromatic N) is 2. The van der Waals surface area contributed by atoms with E-state index in [1.807, 2.05) is 6.07 Å². The lowest BCUT2D eigenvalue weighted by Crippen LogP contribution is -2.31. The van der Waals surface area contributed by atoms with Gasteiger partial charge in [0.25, 0.3) is 0 Å². The van der Waals surface area contributed by atoms with Gasteiger partial charge in [-0.2, -0.15) is 5.26 Å². The summed E-state index contributed by atoms with van der Waals surface area (Å²) in [5, 5.41) is 8.76. The lowest BCUT2D eigenvalue weighted by Gasteiger charge is -2.22. The highest BCUT2D eigenvalue weighted by atomic mass is 16.5. The summed E-state index contributed by atoms with van der Waals surface area (Å²) in [4.78, 5) is 15.7. The molecule has 1 aromatic rings. The van der Waals surface area contributed by atoms with Crippen LogP contribution < -0.4 is 0 Å². The van der Waals surface area contributed by atoms with E-state index in [2.05, 4.69) is 4.98 Å². The fourth-order valence-corrected chi connectivity index (χ4v) is 1.27. The number of hydrogen-bond acceptors (Lipinski definition) is 4. The van der Waals surface area contributed by atoms with Gasteiger partial charge in [-0.3, -0.25) is 9.78 Å². The Morgan fingerprint density at radius 1 is 1.56 bits per heavy atom. The van der Waals surface area contributed by atoms with Gasteiger partial charge in [0, 0.05) is 12.4 Å². The van der Waals surface area contributed by atoms with Gasteiger partial charge in [0.1, 0.15) is 6.07 Å². The molecule has 0 N–H and O–H groups in total. The van der Waals surface area contributed by atoms with Crippen molar-refractivity contribution in [2.75, 3.05) is 6.61 Å². The number of hydrogen-bond donors (Lipinski definition) is 0. The first-order valence-electron chi connectivity index (χ1n) is 5.05. The summed E-state index contributed by atoms with van der Waals surface area (Å²) in [5.74, 6) is -0.313. The Hall–Kier alpha value is -1.89. The third kappa shape index (κ3) is 2.37. The average Bonchev–Trinajstić information content (AvgIpc) is 2.29. The summed E-state index contributed by atoms with van der Waals surface area (Å²) < 4.78 is 4.98. The summed E-state index contributed by atoms with van der Waals surface area (Å²) in [6, 6.07) is 3.65. The second-order valence-electron chi connectivity index (χ2n) is 3.92. The van der Waals surface area contributed by atoms with E-state index in [-0.39, 0.29) is 5.97 Å². The maximum Gasteiger partial charge on any atom is 0.316 e. The molecule has 0 aliphatic rings. The van der Waals surface area contributed by atoms with Crippen molar-refractivity contribution in [2.45, 2.75) is 26.2 Å². The highest BCUT2D eigenvalue weighted by Crippen LogP contribution is 2.24. The zero-order valence-corrected chi connectivity index (χ0v) is 9.65. The molecule has 1 heterocycles. The van der Waals surface area contributed by atoms with Gasteiger partial charge in [0.05, 0.1) is 17.6 Å². The molecule has 0 aliphatic carbocycles. The van der Waals surface area contributed by atoms with Crippen LogP contribution in [0.5, 0.6) is 0 Å². The molecule has 0 bridgehead atoms. The monoisotopic (exact) mass is 218 g/mol. The van der Waals surface area contributed by atoms with Gasteiger partial charge in [0.15, 0.2) is 0 Å². The Morgan fingerprint density at radius 2 is 2.25 bits per heavy atom. The van der Waals surface area contributed by atoms with E-state index in [0.29, 0.717) is 17.7 Å². The highest BCUT2D eigenvalue weighted by Gasteiger charge is 2.31. The van der Waals surface area contributed by atoms with E-state index in [4.69, 9.17) is 10.00 Å². The third-order valence-electron chi connectivity index (χ3n) is 2.37. The summed E-state index contributed by atoms with van der Waals surface area (Å²) in [6.45, 7) is 5.61. The molecule has 1 aromatic heterocycles. The molecule has 0 unspecified atom stereocenters. The number of ether oxygens (including phenoxy) is 1. The normalized spacial score (nSPS) is 10.6. The molecule has 0 spiro atoms. The predicted octanol–water partition coefficient (Wildman–Crippen LogP) is 1.79. The topological polar surface area (TPSA) is 63.0 Å². The fourth-order valence-electron chi connectivity index (χ4n) is 1.27. The average molecular weight is 218 g/mol. The molecule has 0 atom stereocenters. The van der Waals surface area contributed by atoms with Crippen LogP contribution in [0.15, 0.2) is 18.5 Å². The quantitative estimate of drug-likeness (QED) is 0.725. The Bertz CT molecular complexity index is 433. The van der Waals surface area contributed by atoms with Crippen LogP contribution in [0.4, 0.5) is 0 Å². The van der Waals surface area contributed by atoms with Crippen LogP contribution in [0.25, 0.3) is 0 Å². The zero-order valence-electron chi connectivity index (χ0n) is 9.65. The zero-order chi connectivity index (χ0) is 12.2. The fraction of sp³-hybridized carbons (Fsp3) is 0.417. The Labute approximate surface area is 94.9 Å². The number of esters is 1. The predicted molar refractivity (Wildman–Crippen MR) is 58.6 cm³/mol. The van der Waals surface area contributed by atoms with Crippen molar-refractivity contribution in [2.24, 2.45) is 0 Å². The first kappa shape index (κ1) is 12.2. The van der Waals surface area contributed by atoms with Gasteiger partial charge < -0.3 is 4.74 Å². The first-order chi connectivity index (χ1) is 7.52. The maximum atomic E-state index is 11.7. The molecule has 1 rings (SSSR count). The van der Waals surface area contributed by atoms with E-state index >= 15 is 0 Å². The molecule has 0 radical (unpaired) electrons. The molecule has 4 nitrogen and oxygen atoms in total. The summed E-state index contributed by atoms with van der Waals surface area (Å²) >= 11 is 0. The van der Waals surface area contributed by atoms with Crippen molar-refractivity contribution >= 4 is 5.97 Å². The highest BCUT2D eigenvalue weighted by molar-refractivity contribution is 5.82. The molecule has 4 heteroatoms. The largest absolute Gasteiger partial charge is 0.465 e. The van der Waals surface area contributed by atoms with E-state index in [9.17, 15) is 4.79 Å². The minimum Gasteiger partial charge on any atom is -0.465 e. The summed E-state index contributed by atoms with van der Waals surface area (Å²) in [5.41, 5.74) is 0.343.